The molecule has 13 heavy (non-hydrogen) atoms. The lowest BCUT2D eigenvalue weighted by molar-refractivity contribution is 0.469. The van der Waals surface area contributed by atoms with Crippen LogP contribution in [0.1, 0.15) is 17.5 Å². The average molecular weight is 198 g/mol. The fourth-order valence-corrected chi connectivity index (χ4v) is 1.97. The second-order valence-electron chi connectivity index (χ2n) is 3.61. The molecule has 0 radical (unpaired) electrons. The fraction of sp³-hybridized carbons (Fsp3) is 0.455. The van der Waals surface area contributed by atoms with Gasteiger partial charge in [0.1, 0.15) is 0 Å². The van der Waals surface area contributed by atoms with Crippen LogP contribution >= 0.6 is 12.4 Å². The molecule has 1 unspecified atom stereocenters. The Balaban J connectivity index is 0.000000845. The van der Waals surface area contributed by atoms with Crippen LogP contribution < -0.4 is 5.73 Å². The van der Waals surface area contributed by atoms with Crippen LogP contribution in [0.3, 0.4) is 0 Å². The molecule has 0 aliphatic heterocycles. The maximum atomic E-state index is 5.66. The van der Waals surface area contributed by atoms with E-state index in [0.717, 1.165) is 12.5 Å². The van der Waals surface area contributed by atoms with Crippen LogP contribution in [0.15, 0.2) is 24.3 Å². The molecule has 0 saturated carbocycles. The summed E-state index contributed by atoms with van der Waals surface area (Å²) >= 11 is 0. The van der Waals surface area contributed by atoms with Crippen molar-refractivity contribution < 1.29 is 0 Å². The van der Waals surface area contributed by atoms with Gasteiger partial charge in [-0.25, -0.2) is 0 Å². The molecule has 0 aromatic heterocycles. The molecule has 1 aromatic carbocycles. The Morgan fingerprint density at radius 2 is 1.92 bits per heavy atom. The van der Waals surface area contributed by atoms with Gasteiger partial charge in [0.15, 0.2) is 0 Å². The molecule has 0 bridgehead atoms. The Bertz CT molecular complexity index is 273. The summed E-state index contributed by atoms with van der Waals surface area (Å²) in [6, 6.07) is 8.72. The summed E-state index contributed by atoms with van der Waals surface area (Å²) in [6.45, 7) is 0.842. The summed E-state index contributed by atoms with van der Waals surface area (Å²) in [7, 11) is 0. The van der Waals surface area contributed by atoms with Crippen molar-refractivity contribution in [3.8, 4) is 0 Å². The van der Waals surface area contributed by atoms with Crippen LogP contribution in [0.25, 0.3) is 0 Å². The van der Waals surface area contributed by atoms with Crippen LogP contribution in [0.4, 0.5) is 0 Å². The number of halogens is 1. The second kappa shape index (κ2) is 4.64. The minimum Gasteiger partial charge on any atom is -0.330 e. The first-order chi connectivity index (χ1) is 5.90. The van der Waals surface area contributed by atoms with E-state index in [4.69, 9.17) is 5.73 Å². The van der Waals surface area contributed by atoms with E-state index in [9.17, 15) is 0 Å². The van der Waals surface area contributed by atoms with Gasteiger partial charge in [-0.05, 0) is 42.9 Å². The van der Waals surface area contributed by atoms with Gasteiger partial charge in [-0.1, -0.05) is 24.3 Å². The number of aryl methyl sites for hydroxylation is 1. The smallest absolute Gasteiger partial charge is 0.00456 e. The van der Waals surface area contributed by atoms with Gasteiger partial charge < -0.3 is 5.73 Å². The number of rotatable bonds is 1. The van der Waals surface area contributed by atoms with Crippen LogP contribution in [-0.4, -0.2) is 6.54 Å². The molecule has 1 aliphatic carbocycles. The first-order valence-electron chi connectivity index (χ1n) is 4.67. The minimum atomic E-state index is 0. The first kappa shape index (κ1) is 10.6. The van der Waals surface area contributed by atoms with E-state index in [0.29, 0.717) is 0 Å². The van der Waals surface area contributed by atoms with Gasteiger partial charge in [0.2, 0.25) is 0 Å². The molecule has 1 atom stereocenters. The zero-order valence-corrected chi connectivity index (χ0v) is 8.52. The highest BCUT2D eigenvalue weighted by Gasteiger charge is 2.15. The highest BCUT2D eigenvalue weighted by Crippen LogP contribution is 2.24. The fourth-order valence-electron chi connectivity index (χ4n) is 1.97. The monoisotopic (exact) mass is 197 g/mol. The minimum absolute atomic E-state index is 0. The van der Waals surface area contributed by atoms with Crippen LogP contribution in [-0.2, 0) is 12.8 Å². The van der Waals surface area contributed by atoms with Gasteiger partial charge in [0, 0.05) is 0 Å². The number of hydrogen-bond acceptors (Lipinski definition) is 1. The van der Waals surface area contributed by atoms with Gasteiger partial charge in [-0.3, -0.25) is 0 Å². The van der Waals surface area contributed by atoms with Gasteiger partial charge >= 0.3 is 0 Å². The molecule has 0 amide bonds. The summed E-state index contributed by atoms with van der Waals surface area (Å²) < 4.78 is 0. The van der Waals surface area contributed by atoms with E-state index in [1.165, 1.54) is 30.4 Å². The highest BCUT2D eigenvalue weighted by atomic mass is 35.5. The van der Waals surface area contributed by atoms with Gasteiger partial charge in [-0.2, -0.15) is 0 Å². The van der Waals surface area contributed by atoms with E-state index in [2.05, 4.69) is 24.3 Å². The van der Waals surface area contributed by atoms with Gasteiger partial charge in [0.05, 0.1) is 0 Å². The van der Waals surface area contributed by atoms with Gasteiger partial charge in [0.25, 0.3) is 0 Å². The van der Waals surface area contributed by atoms with E-state index < -0.39 is 0 Å². The highest BCUT2D eigenvalue weighted by molar-refractivity contribution is 5.85. The summed E-state index contributed by atoms with van der Waals surface area (Å²) in [4.78, 5) is 0. The van der Waals surface area contributed by atoms with Crippen LogP contribution in [0, 0.1) is 5.92 Å². The van der Waals surface area contributed by atoms with Crippen LogP contribution in [0.5, 0.6) is 0 Å². The van der Waals surface area contributed by atoms with Gasteiger partial charge in [-0.15, -0.1) is 12.4 Å². The molecule has 2 heteroatoms. The number of nitrogens with two attached hydrogens (primary N) is 1. The van der Waals surface area contributed by atoms with Crippen molar-refractivity contribution in [2.75, 3.05) is 6.54 Å². The Morgan fingerprint density at radius 1 is 1.23 bits per heavy atom. The average Bonchev–Trinajstić information content (AvgIpc) is 2.17. The largest absolute Gasteiger partial charge is 0.330 e. The molecular weight excluding hydrogens is 182 g/mol. The molecule has 0 spiro atoms. The predicted molar refractivity (Wildman–Crippen MR) is 58.3 cm³/mol. The lowest BCUT2D eigenvalue weighted by Crippen LogP contribution is -2.21. The standard InChI is InChI=1S/C11H15N.ClH/c12-8-9-5-6-10-3-1-2-4-11(10)7-9;/h1-4,9H,5-8,12H2;1H. The maximum Gasteiger partial charge on any atom is -0.00456 e. The lowest BCUT2D eigenvalue weighted by atomic mass is 9.84. The Morgan fingerprint density at radius 3 is 2.62 bits per heavy atom. The van der Waals surface area contributed by atoms with Crippen molar-refractivity contribution >= 4 is 12.4 Å². The van der Waals surface area contributed by atoms with E-state index in [1.807, 2.05) is 0 Å². The second-order valence-corrected chi connectivity index (χ2v) is 3.61. The Hall–Kier alpha value is -0.530. The third-order valence-corrected chi connectivity index (χ3v) is 2.78. The zero-order chi connectivity index (χ0) is 8.39. The molecule has 1 aromatic rings. The molecule has 0 saturated heterocycles. The molecule has 1 nitrogen and oxygen atoms in total. The van der Waals surface area contributed by atoms with Crippen molar-refractivity contribution in [3.63, 3.8) is 0 Å². The normalized spacial score (nSPS) is 20.2. The third kappa shape index (κ3) is 2.23. The number of hydrogen-bond donors (Lipinski definition) is 1. The molecule has 2 N–H and O–H groups in total. The Kier molecular flexibility index (Phi) is 3.76. The molecular formula is C11H16ClN. The van der Waals surface area contributed by atoms with Crippen molar-refractivity contribution in [2.45, 2.75) is 19.3 Å². The zero-order valence-electron chi connectivity index (χ0n) is 7.70. The van der Waals surface area contributed by atoms with Crippen molar-refractivity contribution in [1.29, 1.82) is 0 Å². The topological polar surface area (TPSA) is 26.0 Å². The summed E-state index contributed by atoms with van der Waals surface area (Å²) in [5.74, 6) is 0.722. The molecule has 0 heterocycles. The molecule has 0 fully saturated rings. The van der Waals surface area contributed by atoms with Crippen LogP contribution in [0.2, 0.25) is 0 Å². The van der Waals surface area contributed by atoms with E-state index in [-0.39, 0.29) is 12.4 Å². The van der Waals surface area contributed by atoms with Crippen molar-refractivity contribution in [1.82, 2.24) is 0 Å². The quantitative estimate of drug-likeness (QED) is 0.734. The summed E-state index contributed by atoms with van der Waals surface area (Å²) in [6.07, 6.45) is 3.68. The molecule has 72 valence electrons. The van der Waals surface area contributed by atoms with Crippen molar-refractivity contribution in [3.05, 3.63) is 35.4 Å². The summed E-state index contributed by atoms with van der Waals surface area (Å²) in [5.41, 5.74) is 8.70. The van der Waals surface area contributed by atoms with E-state index in [1.54, 1.807) is 0 Å². The maximum absolute atomic E-state index is 5.66. The third-order valence-electron chi connectivity index (χ3n) is 2.78. The van der Waals surface area contributed by atoms with E-state index >= 15 is 0 Å². The number of fused-ring (bicyclic) bond motifs is 1. The SMILES string of the molecule is Cl.NCC1CCc2ccccc2C1. The van der Waals surface area contributed by atoms with Crippen molar-refractivity contribution in [2.24, 2.45) is 11.7 Å². The number of benzene rings is 1. The lowest BCUT2D eigenvalue weighted by Gasteiger charge is -2.22. The summed E-state index contributed by atoms with van der Waals surface area (Å²) in [5, 5.41) is 0. The molecule has 1 aliphatic rings. The Labute approximate surface area is 85.7 Å². The molecule has 2 rings (SSSR count). The first-order valence-corrected chi connectivity index (χ1v) is 4.67. The predicted octanol–water partition coefficient (Wildman–Crippen LogP) is 2.17.